The molecule has 2 aromatic carbocycles. The number of benzene rings is 2. The minimum atomic E-state index is -0.935. The van der Waals surface area contributed by atoms with Gasteiger partial charge in [0, 0.05) is 0 Å². The zero-order valence-corrected chi connectivity index (χ0v) is 13.1. The fraction of sp³-hybridized carbons (Fsp3) is 0.211. The van der Waals surface area contributed by atoms with E-state index in [4.69, 9.17) is 4.74 Å². The van der Waals surface area contributed by atoms with Gasteiger partial charge in [-0.15, -0.1) is 0 Å². The summed E-state index contributed by atoms with van der Waals surface area (Å²) >= 11 is 0. The molecule has 0 aliphatic carbocycles. The van der Waals surface area contributed by atoms with Crippen molar-refractivity contribution >= 4 is 17.6 Å². The second-order valence-electron chi connectivity index (χ2n) is 5.19. The van der Waals surface area contributed by atoms with Gasteiger partial charge in [-0.3, -0.25) is 0 Å². The van der Waals surface area contributed by atoms with Crippen LogP contribution in [0.2, 0.25) is 0 Å². The Morgan fingerprint density at radius 3 is 2.64 bits per heavy atom. The Morgan fingerprint density at radius 1 is 1.18 bits per heavy atom. The molecule has 0 fully saturated rings. The van der Waals surface area contributed by atoms with E-state index >= 15 is 0 Å². The molecule has 0 atom stereocenters. The van der Waals surface area contributed by atoms with E-state index in [1.807, 2.05) is 63.2 Å². The van der Waals surface area contributed by atoms with Gasteiger partial charge in [0.05, 0.1) is 12.2 Å². The first-order valence-corrected chi connectivity index (χ1v) is 7.26. The van der Waals surface area contributed by atoms with Crippen LogP contribution in [0.25, 0.3) is 11.6 Å². The molecule has 1 N–H and O–H groups in total. The molecule has 2 rings (SSSR count). The van der Waals surface area contributed by atoms with E-state index in [9.17, 15) is 9.90 Å². The number of carboxylic acid groups (broad SMARTS) is 1. The van der Waals surface area contributed by atoms with Crippen molar-refractivity contribution in [1.29, 1.82) is 0 Å². The topological polar surface area (TPSA) is 46.5 Å². The maximum Gasteiger partial charge on any atom is 0.336 e. The summed E-state index contributed by atoms with van der Waals surface area (Å²) in [6.07, 6.45) is 1.69. The van der Waals surface area contributed by atoms with Gasteiger partial charge in [0.1, 0.15) is 5.75 Å². The highest BCUT2D eigenvalue weighted by Crippen LogP contribution is 2.24. The normalized spacial score (nSPS) is 11.3. The Kier molecular flexibility index (Phi) is 4.99. The summed E-state index contributed by atoms with van der Waals surface area (Å²) in [4.78, 5) is 11.7. The molecule has 0 radical (unpaired) electrons. The molecule has 114 valence electrons. The molecule has 0 saturated heterocycles. The number of rotatable bonds is 5. The molecule has 0 aliphatic rings. The largest absolute Gasteiger partial charge is 0.494 e. The van der Waals surface area contributed by atoms with Crippen LogP contribution in [-0.4, -0.2) is 17.7 Å². The summed E-state index contributed by atoms with van der Waals surface area (Å²) in [5, 5.41) is 9.58. The van der Waals surface area contributed by atoms with Crippen LogP contribution >= 0.6 is 0 Å². The average Bonchev–Trinajstić information content (AvgIpc) is 2.48. The van der Waals surface area contributed by atoms with Crippen LogP contribution in [0.3, 0.4) is 0 Å². The third kappa shape index (κ3) is 3.76. The summed E-state index contributed by atoms with van der Waals surface area (Å²) in [5.74, 6) is -0.197. The Balaban J connectivity index is 2.50. The molecule has 0 saturated carbocycles. The van der Waals surface area contributed by atoms with E-state index in [-0.39, 0.29) is 5.57 Å². The number of carbonyl (C=O) groups is 1. The van der Waals surface area contributed by atoms with Crippen molar-refractivity contribution in [1.82, 2.24) is 0 Å². The molecule has 0 unspecified atom stereocenters. The van der Waals surface area contributed by atoms with E-state index in [1.165, 1.54) is 0 Å². The lowest BCUT2D eigenvalue weighted by atomic mass is 9.96. The van der Waals surface area contributed by atoms with Crippen LogP contribution in [0.1, 0.15) is 29.2 Å². The van der Waals surface area contributed by atoms with Gasteiger partial charge in [-0.2, -0.15) is 0 Å². The predicted molar refractivity (Wildman–Crippen MR) is 89.0 cm³/mol. The molecule has 22 heavy (non-hydrogen) atoms. The molecular weight excluding hydrogens is 276 g/mol. The summed E-state index contributed by atoms with van der Waals surface area (Å²) in [5.41, 5.74) is 3.82. The van der Waals surface area contributed by atoms with Crippen LogP contribution in [0, 0.1) is 13.8 Å². The van der Waals surface area contributed by atoms with Crippen LogP contribution in [0.15, 0.2) is 42.5 Å². The van der Waals surface area contributed by atoms with E-state index in [2.05, 4.69) is 0 Å². The maximum atomic E-state index is 11.7. The van der Waals surface area contributed by atoms with Gasteiger partial charge < -0.3 is 9.84 Å². The van der Waals surface area contributed by atoms with Gasteiger partial charge in [-0.25, -0.2) is 4.79 Å². The quantitative estimate of drug-likeness (QED) is 0.660. The highest BCUT2D eigenvalue weighted by atomic mass is 16.5. The summed E-state index contributed by atoms with van der Waals surface area (Å²) < 4.78 is 5.46. The van der Waals surface area contributed by atoms with Crippen molar-refractivity contribution in [2.75, 3.05) is 6.61 Å². The van der Waals surface area contributed by atoms with Crippen molar-refractivity contribution in [3.05, 3.63) is 64.7 Å². The van der Waals surface area contributed by atoms with Gasteiger partial charge >= 0.3 is 5.97 Å². The lowest BCUT2D eigenvalue weighted by Gasteiger charge is -2.09. The van der Waals surface area contributed by atoms with Crippen LogP contribution in [-0.2, 0) is 4.79 Å². The first kappa shape index (κ1) is 15.8. The molecule has 0 bridgehead atoms. The van der Waals surface area contributed by atoms with E-state index in [0.717, 1.165) is 28.0 Å². The second kappa shape index (κ2) is 6.94. The van der Waals surface area contributed by atoms with E-state index < -0.39 is 5.97 Å². The van der Waals surface area contributed by atoms with Gasteiger partial charge in [0.2, 0.25) is 0 Å². The fourth-order valence-electron chi connectivity index (χ4n) is 2.31. The molecule has 0 aliphatic heterocycles. The first-order chi connectivity index (χ1) is 10.5. The molecule has 3 nitrogen and oxygen atoms in total. The third-order valence-corrected chi connectivity index (χ3v) is 3.39. The van der Waals surface area contributed by atoms with Crippen molar-refractivity contribution in [3.8, 4) is 5.75 Å². The second-order valence-corrected chi connectivity index (χ2v) is 5.19. The standard InChI is InChI=1S/C19H20O3/c1-4-22-16-7-5-6-15(11-16)12-18(19(20)21)17-10-13(2)8-9-14(17)3/h5-12H,4H2,1-3H3,(H,20,21)/b18-12-. The lowest BCUT2D eigenvalue weighted by Crippen LogP contribution is -2.02. The number of hydrogen-bond donors (Lipinski definition) is 1. The van der Waals surface area contributed by atoms with E-state index in [0.29, 0.717) is 6.61 Å². The smallest absolute Gasteiger partial charge is 0.336 e. The Bertz CT molecular complexity index is 714. The Labute approximate surface area is 130 Å². The number of carboxylic acids is 1. The summed E-state index contributed by atoms with van der Waals surface area (Å²) in [6.45, 7) is 6.37. The van der Waals surface area contributed by atoms with Crippen LogP contribution < -0.4 is 4.74 Å². The molecule has 3 heteroatoms. The molecular formula is C19H20O3. The Morgan fingerprint density at radius 2 is 1.95 bits per heavy atom. The molecule has 0 spiro atoms. The van der Waals surface area contributed by atoms with Gasteiger partial charge in [0.15, 0.2) is 0 Å². The number of ether oxygens (including phenoxy) is 1. The summed E-state index contributed by atoms with van der Waals surface area (Å²) in [6, 6.07) is 13.3. The monoisotopic (exact) mass is 296 g/mol. The number of aryl methyl sites for hydroxylation is 2. The fourth-order valence-corrected chi connectivity index (χ4v) is 2.31. The minimum Gasteiger partial charge on any atom is -0.494 e. The zero-order chi connectivity index (χ0) is 16.1. The zero-order valence-electron chi connectivity index (χ0n) is 13.1. The predicted octanol–water partition coefficient (Wildman–Crippen LogP) is 4.33. The van der Waals surface area contributed by atoms with Crippen molar-refractivity contribution in [3.63, 3.8) is 0 Å². The minimum absolute atomic E-state index is 0.287. The van der Waals surface area contributed by atoms with E-state index in [1.54, 1.807) is 6.08 Å². The summed E-state index contributed by atoms with van der Waals surface area (Å²) in [7, 11) is 0. The maximum absolute atomic E-state index is 11.7. The molecule has 0 amide bonds. The third-order valence-electron chi connectivity index (χ3n) is 3.39. The Hall–Kier alpha value is -2.55. The van der Waals surface area contributed by atoms with Gasteiger partial charge in [-0.1, -0.05) is 35.9 Å². The SMILES string of the molecule is CCOc1cccc(/C=C(\C(=O)O)c2cc(C)ccc2C)c1. The average molecular weight is 296 g/mol. The lowest BCUT2D eigenvalue weighted by molar-refractivity contribution is -0.130. The molecule has 0 heterocycles. The van der Waals surface area contributed by atoms with Crippen molar-refractivity contribution in [2.24, 2.45) is 0 Å². The van der Waals surface area contributed by atoms with Crippen molar-refractivity contribution in [2.45, 2.75) is 20.8 Å². The molecule has 2 aromatic rings. The van der Waals surface area contributed by atoms with Gasteiger partial charge in [-0.05, 0) is 55.7 Å². The first-order valence-electron chi connectivity index (χ1n) is 7.26. The molecule has 0 aromatic heterocycles. The van der Waals surface area contributed by atoms with Gasteiger partial charge in [0.25, 0.3) is 0 Å². The number of hydrogen-bond acceptors (Lipinski definition) is 2. The van der Waals surface area contributed by atoms with Crippen LogP contribution in [0.5, 0.6) is 5.75 Å². The highest BCUT2D eigenvalue weighted by molar-refractivity contribution is 6.21. The van der Waals surface area contributed by atoms with Crippen LogP contribution in [0.4, 0.5) is 0 Å². The van der Waals surface area contributed by atoms with Crippen molar-refractivity contribution < 1.29 is 14.6 Å². The number of aliphatic carboxylic acids is 1. The highest BCUT2D eigenvalue weighted by Gasteiger charge is 2.13.